The lowest BCUT2D eigenvalue weighted by molar-refractivity contribution is 0.163. The topological polar surface area (TPSA) is 33.1 Å². The van der Waals surface area contributed by atoms with E-state index in [1.807, 2.05) is 0 Å². The number of nitrogens with zero attached hydrogens (tertiary/aromatic N) is 1. The van der Waals surface area contributed by atoms with Crippen LogP contribution in [-0.2, 0) is 0 Å². The number of hydrogen-bond donors (Lipinski definition) is 1. The number of aliphatic hydroxyl groups excluding tert-OH is 1. The van der Waals surface area contributed by atoms with Crippen molar-refractivity contribution >= 4 is 11.6 Å². The number of hydrogen-bond acceptors (Lipinski definition) is 2. The Bertz CT molecular complexity index is 304. The highest BCUT2D eigenvalue weighted by molar-refractivity contribution is 6.31. The zero-order chi connectivity index (χ0) is 11.8. The molecule has 0 aliphatic carbocycles. The normalized spacial score (nSPS) is 12.7. The second kappa shape index (κ2) is 7.64. The number of aromatic nitrogens is 1. The summed E-state index contributed by atoms with van der Waals surface area (Å²) in [6.07, 6.45) is 9.62. The fraction of sp³-hybridized carbons (Fsp3) is 0.615. The van der Waals surface area contributed by atoms with Gasteiger partial charge < -0.3 is 5.11 Å². The predicted octanol–water partition coefficient (Wildman–Crippen LogP) is 4.13. The van der Waals surface area contributed by atoms with E-state index in [-0.39, 0.29) is 0 Å². The average molecular weight is 242 g/mol. The Kier molecular flexibility index (Phi) is 6.43. The maximum absolute atomic E-state index is 9.95. The first-order chi connectivity index (χ1) is 7.75. The smallest absolute Gasteiger partial charge is 0.0805 e. The van der Waals surface area contributed by atoms with Gasteiger partial charge in [-0.1, -0.05) is 50.6 Å². The van der Waals surface area contributed by atoms with E-state index in [0.29, 0.717) is 5.02 Å². The molecule has 0 spiro atoms. The van der Waals surface area contributed by atoms with Gasteiger partial charge in [-0.2, -0.15) is 0 Å². The van der Waals surface area contributed by atoms with Gasteiger partial charge in [0.05, 0.1) is 11.1 Å². The van der Waals surface area contributed by atoms with E-state index in [2.05, 4.69) is 11.9 Å². The van der Waals surface area contributed by atoms with Crippen LogP contribution in [0.2, 0.25) is 5.02 Å². The molecule has 1 atom stereocenters. The van der Waals surface area contributed by atoms with Crippen molar-refractivity contribution < 1.29 is 5.11 Å². The summed E-state index contributed by atoms with van der Waals surface area (Å²) in [5.41, 5.74) is 0.798. The van der Waals surface area contributed by atoms with Gasteiger partial charge in [0.15, 0.2) is 0 Å². The molecule has 0 radical (unpaired) electrons. The molecule has 1 unspecified atom stereocenters. The minimum atomic E-state index is -0.447. The van der Waals surface area contributed by atoms with E-state index in [1.165, 1.54) is 25.7 Å². The Hall–Kier alpha value is -0.600. The first kappa shape index (κ1) is 13.5. The molecule has 1 heterocycles. The van der Waals surface area contributed by atoms with E-state index in [4.69, 9.17) is 11.6 Å². The molecule has 0 saturated heterocycles. The van der Waals surface area contributed by atoms with Crippen LogP contribution in [0, 0.1) is 0 Å². The van der Waals surface area contributed by atoms with Gasteiger partial charge in [-0.05, 0) is 12.5 Å². The van der Waals surface area contributed by atoms with Crippen LogP contribution in [0.3, 0.4) is 0 Å². The fourth-order valence-electron chi connectivity index (χ4n) is 1.75. The Morgan fingerprint density at radius 3 is 2.75 bits per heavy atom. The van der Waals surface area contributed by atoms with Crippen LogP contribution in [0.5, 0.6) is 0 Å². The van der Waals surface area contributed by atoms with Crippen molar-refractivity contribution in [2.45, 2.75) is 51.6 Å². The van der Waals surface area contributed by atoms with Gasteiger partial charge in [0.25, 0.3) is 0 Å². The van der Waals surface area contributed by atoms with Crippen LogP contribution in [0.4, 0.5) is 0 Å². The maximum atomic E-state index is 9.95. The van der Waals surface area contributed by atoms with Gasteiger partial charge in [-0.25, -0.2) is 0 Å². The molecule has 3 heteroatoms. The molecule has 1 N–H and O–H groups in total. The summed E-state index contributed by atoms with van der Waals surface area (Å²) in [5, 5.41) is 10.5. The van der Waals surface area contributed by atoms with Gasteiger partial charge in [0.1, 0.15) is 0 Å². The van der Waals surface area contributed by atoms with E-state index >= 15 is 0 Å². The van der Waals surface area contributed by atoms with Crippen molar-refractivity contribution in [3.05, 3.63) is 29.0 Å². The first-order valence-corrected chi connectivity index (χ1v) is 6.41. The van der Waals surface area contributed by atoms with Crippen molar-refractivity contribution in [2.24, 2.45) is 0 Å². The molecule has 0 aromatic carbocycles. The van der Waals surface area contributed by atoms with E-state index in [9.17, 15) is 5.11 Å². The highest BCUT2D eigenvalue weighted by Gasteiger charge is 2.10. The van der Waals surface area contributed by atoms with Gasteiger partial charge >= 0.3 is 0 Å². The van der Waals surface area contributed by atoms with Crippen molar-refractivity contribution in [1.29, 1.82) is 0 Å². The minimum absolute atomic E-state index is 0.447. The van der Waals surface area contributed by atoms with Crippen molar-refractivity contribution in [3.8, 4) is 0 Å². The molecule has 1 aromatic heterocycles. The zero-order valence-corrected chi connectivity index (χ0v) is 10.6. The van der Waals surface area contributed by atoms with Crippen LogP contribution in [0.1, 0.15) is 57.1 Å². The number of pyridine rings is 1. The molecule has 0 aliphatic rings. The van der Waals surface area contributed by atoms with Crippen molar-refractivity contribution in [3.63, 3.8) is 0 Å². The standard InChI is InChI=1S/C13H20ClNO/c1-2-3-4-5-6-7-13(16)11-8-9-15-10-12(11)14/h8-10,13,16H,2-7H2,1H3. The van der Waals surface area contributed by atoms with Gasteiger partial charge in [0, 0.05) is 18.0 Å². The largest absolute Gasteiger partial charge is 0.388 e. The van der Waals surface area contributed by atoms with Gasteiger partial charge in [-0.15, -0.1) is 0 Å². The third-order valence-corrected chi connectivity index (χ3v) is 3.06. The summed E-state index contributed by atoms with van der Waals surface area (Å²) in [4.78, 5) is 3.91. The highest BCUT2D eigenvalue weighted by Crippen LogP contribution is 2.25. The molecule has 0 fully saturated rings. The third-order valence-electron chi connectivity index (χ3n) is 2.74. The molecule has 1 aromatic rings. The zero-order valence-electron chi connectivity index (χ0n) is 9.82. The van der Waals surface area contributed by atoms with E-state index < -0.39 is 6.10 Å². The Morgan fingerprint density at radius 1 is 1.31 bits per heavy atom. The molecule has 0 saturated carbocycles. The molecule has 0 bridgehead atoms. The van der Waals surface area contributed by atoms with E-state index in [0.717, 1.165) is 18.4 Å². The summed E-state index contributed by atoms with van der Waals surface area (Å²) in [6, 6.07) is 1.79. The first-order valence-electron chi connectivity index (χ1n) is 6.03. The number of rotatable bonds is 7. The van der Waals surface area contributed by atoms with Crippen molar-refractivity contribution in [2.75, 3.05) is 0 Å². The maximum Gasteiger partial charge on any atom is 0.0805 e. The SMILES string of the molecule is CCCCCCCC(O)c1ccncc1Cl. The molecule has 16 heavy (non-hydrogen) atoms. The Morgan fingerprint density at radius 2 is 2.06 bits per heavy atom. The lowest BCUT2D eigenvalue weighted by atomic mass is 10.0. The summed E-state index contributed by atoms with van der Waals surface area (Å²) < 4.78 is 0. The summed E-state index contributed by atoms with van der Waals surface area (Å²) >= 11 is 5.96. The molecular formula is C13H20ClNO. The molecular weight excluding hydrogens is 222 g/mol. The molecule has 1 rings (SSSR count). The highest BCUT2D eigenvalue weighted by atomic mass is 35.5. The van der Waals surface area contributed by atoms with Crippen LogP contribution in [-0.4, -0.2) is 10.1 Å². The second-order valence-corrected chi connectivity index (χ2v) is 4.52. The van der Waals surface area contributed by atoms with Crippen LogP contribution < -0.4 is 0 Å². The lowest BCUT2D eigenvalue weighted by Crippen LogP contribution is -1.98. The minimum Gasteiger partial charge on any atom is -0.388 e. The van der Waals surface area contributed by atoms with E-state index in [1.54, 1.807) is 18.5 Å². The predicted molar refractivity (Wildman–Crippen MR) is 67.6 cm³/mol. The third kappa shape index (κ3) is 4.50. The second-order valence-electron chi connectivity index (χ2n) is 4.12. The molecule has 0 amide bonds. The van der Waals surface area contributed by atoms with Crippen LogP contribution in [0.15, 0.2) is 18.5 Å². The summed E-state index contributed by atoms with van der Waals surface area (Å²) in [5.74, 6) is 0. The molecule has 90 valence electrons. The fourth-order valence-corrected chi connectivity index (χ4v) is 2.00. The Balaban J connectivity index is 2.30. The van der Waals surface area contributed by atoms with Gasteiger partial charge in [0.2, 0.25) is 0 Å². The van der Waals surface area contributed by atoms with Crippen LogP contribution >= 0.6 is 11.6 Å². The molecule has 0 aliphatic heterocycles. The van der Waals surface area contributed by atoms with Crippen LogP contribution in [0.25, 0.3) is 0 Å². The number of unbranched alkanes of at least 4 members (excludes halogenated alkanes) is 4. The van der Waals surface area contributed by atoms with Crippen molar-refractivity contribution in [1.82, 2.24) is 4.98 Å². The lowest BCUT2D eigenvalue weighted by Gasteiger charge is -2.11. The number of halogens is 1. The Labute approximate surface area is 103 Å². The summed E-state index contributed by atoms with van der Waals surface area (Å²) in [7, 11) is 0. The molecule has 2 nitrogen and oxygen atoms in total. The summed E-state index contributed by atoms with van der Waals surface area (Å²) in [6.45, 7) is 2.20. The number of aliphatic hydroxyl groups is 1. The van der Waals surface area contributed by atoms with Gasteiger partial charge in [-0.3, -0.25) is 4.98 Å². The monoisotopic (exact) mass is 241 g/mol. The average Bonchev–Trinajstić information content (AvgIpc) is 2.29. The quantitative estimate of drug-likeness (QED) is 0.729.